The van der Waals surface area contributed by atoms with Crippen LogP contribution in [0.3, 0.4) is 0 Å². The lowest BCUT2D eigenvalue weighted by Crippen LogP contribution is -1.86. The zero-order valence-corrected chi connectivity index (χ0v) is 5.40. The van der Waals surface area contributed by atoms with Gasteiger partial charge in [0.05, 0.1) is 0 Å². The minimum absolute atomic E-state index is 0.605. The van der Waals surface area contributed by atoms with Crippen molar-refractivity contribution in [2.24, 2.45) is 0 Å². The van der Waals surface area contributed by atoms with Gasteiger partial charge in [-0.15, -0.1) is 0 Å². The van der Waals surface area contributed by atoms with Crippen molar-refractivity contribution < 1.29 is 4.42 Å². The average molecular weight is 135 g/mol. The summed E-state index contributed by atoms with van der Waals surface area (Å²) in [4.78, 5) is 11.8. The van der Waals surface area contributed by atoms with Crippen LogP contribution in [-0.2, 0) is 0 Å². The van der Waals surface area contributed by atoms with Crippen molar-refractivity contribution in [2.45, 2.75) is 6.92 Å². The van der Waals surface area contributed by atoms with Crippen LogP contribution in [0.1, 0.15) is 5.89 Å². The Balaban J connectivity index is 2.75. The molecule has 0 atom stereocenters. The summed E-state index contributed by atoms with van der Waals surface area (Å²) in [6.07, 6.45) is 3.01. The lowest BCUT2D eigenvalue weighted by atomic mass is 10.4. The zero-order chi connectivity index (χ0) is 6.97. The second kappa shape index (κ2) is 1.76. The molecule has 0 unspecified atom stereocenters. The molecule has 0 amide bonds. The van der Waals surface area contributed by atoms with Crippen molar-refractivity contribution in [3.63, 3.8) is 0 Å². The van der Waals surface area contributed by atoms with Gasteiger partial charge in [0, 0.05) is 6.92 Å². The van der Waals surface area contributed by atoms with E-state index in [1.165, 1.54) is 6.33 Å². The number of hydrogen-bond acceptors (Lipinski definition) is 4. The maximum atomic E-state index is 4.99. The molecule has 0 spiro atoms. The van der Waals surface area contributed by atoms with Crippen LogP contribution in [0.2, 0.25) is 0 Å². The SMILES string of the molecule is Cc1nc2ncnc-2co1. The van der Waals surface area contributed by atoms with Gasteiger partial charge in [0.15, 0.2) is 11.7 Å². The van der Waals surface area contributed by atoms with E-state index in [0.29, 0.717) is 17.4 Å². The maximum absolute atomic E-state index is 4.99. The molecular formula is C6H5N3O. The Morgan fingerprint density at radius 3 is 3.20 bits per heavy atom. The largest absolute Gasteiger partial charge is 0.448 e. The van der Waals surface area contributed by atoms with Gasteiger partial charge >= 0.3 is 0 Å². The monoisotopic (exact) mass is 135 g/mol. The number of hydrogen-bond donors (Lipinski definition) is 0. The van der Waals surface area contributed by atoms with E-state index in [2.05, 4.69) is 15.0 Å². The van der Waals surface area contributed by atoms with Gasteiger partial charge in [-0.05, 0) is 0 Å². The van der Waals surface area contributed by atoms with Crippen LogP contribution in [-0.4, -0.2) is 15.0 Å². The topological polar surface area (TPSA) is 51.8 Å². The molecule has 4 heteroatoms. The Labute approximate surface area is 57.3 Å². The number of aryl methyl sites for hydroxylation is 1. The van der Waals surface area contributed by atoms with Gasteiger partial charge in [0.1, 0.15) is 18.3 Å². The van der Waals surface area contributed by atoms with Crippen LogP contribution in [0.5, 0.6) is 0 Å². The molecule has 10 heavy (non-hydrogen) atoms. The molecule has 2 rings (SSSR count). The highest BCUT2D eigenvalue weighted by molar-refractivity contribution is 5.46. The quantitative estimate of drug-likeness (QED) is 0.538. The third kappa shape index (κ3) is 0.655. The molecule has 0 aromatic carbocycles. The number of imidazole rings is 1. The lowest BCUT2D eigenvalue weighted by molar-refractivity contribution is 0.490. The average Bonchev–Trinajstić information content (AvgIpc) is 2.33. The van der Waals surface area contributed by atoms with E-state index in [1.807, 2.05) is 0 Å². The molecule has 0 aromatic heterocycles. The van der Waals surface area contributed by atoms with Crippen LogP contribution >= 0.6 is 0 Å². The molecule has 0 N–H and O–H groups in total. The fraction of sp³-hybridized carbons (Fsp3) is 0.167. The third-order valence-electron chi connectivity index (χ3n) is 1.21. The second-order valence-electron chi connectivity index (χ2n) is 1.95. The molecule has 0 bridgehead atoms. The zero-order valence-electron chi connectivity index (χ0n) is 5.40. The van der Waals surface area contributed by atoms with Gasteiger partial charge in [-0.3, -0.25) is 0 Å². The summed E-state index contributed by atoms with van der Waals surface area (Å²) in [6, 6.07) is 0. The molecule has 0 fully saturated rings. The van der Waals surface area contributed by atoms with Crippen molar-refractivity contribution in [1.82, 2.24) is 15.0 Å². The van der Waals surface area contributed by atoms with Gasteiger partial charge in [-0.1, -0.05) is 0 Å². The predicted molar refractivity (Wildman–Crippen MR) is 33.5 cm³/mol. The van der Waals surface area contributed by atoms with E-state index < -0.39 is 0 Å². The Morgan fingerprint density at radius 2 is 2.30 bits per heavy atom. The van der Waals surface area contributed by atoms with Crippen molar-refractivity contribution in [3.8, 4) is 11.5 Å². The van der Waals surface area contributed by atoms with Crippen molar-refractivity contribution in [1.29, 1.82) is 0 Å². The van der Waals surface area contributed by atoms with E-state index >= 15 is 0 Å². The molecule has 4 nitrogen and oxygen atoms in total. The number of rotatable bonds is 0. The highest BCUT2D eigenvalue weighted by atomic mass is 16.3. The first-order valence-corrected chi connectivity index (χ1v) is 2.89. The van der Waals surface area contributed by atoms with Crippen molar-refractivity contribution >= 4 is 0 Å². The Bertz CT molecular complexity index is 317. The molecular weight excluding hydrogens is 130 g/mol. The minimum atomic E-state index is 0.605. The van der Waals surface area contributed by atoms with Crippen LogP contribution in [0.4, 0.5) is 0 Å². The molecule has 2 heterocycles. The van der Waals surface area contributed by atoms with Gasteiger partial charge in [-0.2, -0.15) is 4.98 Å². The fourth-order valence-electron chi connectivity index (χ4n) is 0.755. The van der Waals surface area contributed by atoms with E-state index in [4.69, 9.17) is 4.42 Å². The van der Waals surface area contributed by atoms with Crippen LogP contribution in [0.15, 0.2) is 17.0 Å². The molecule has 0 saturated carbocycles. The summed E-state index contributed by atoms with van der Waals surface area (Å²) in [5, 5.41) is 0. The van der Waals surface area contributed by atoms with E-state index in [-0.39, 0.29) is 0 Å². The summed E-state index contributed by atoms with van der Waals surface area (Å²) in [6.45, 7) is 1.77. The highest BCUT2D eigenvalue weighted by Crippen LogP contribution is 2.12. The fourth-order valence-corrected chi connectivity index (χ4v) is 0.755. The first-order valence-electron chi connectivity index (χ1n) is 2.89. The maximum Gasteiger partial charge on any atom is 0.192 e. The van der Waals surface area contributed by atoms with Crippen LogP contribution in [0, 0.1) is 6.92 Å². The normalized spacial score (nSPS) is 10.5. The number of fused-ring (bicyclic) bond motifs is 1. The minimum Gasteiger partial charge on any atom is -0.448 e. The number of nitrogens with zero attached hydrogens (tertiary/aromatic N) is 3. The molecule has 50 valence electrons. The Morgan fingerprint density at radius 1 is 1.40 bits per heavy atom. The summed E-state index contributed by atoms with van der Waals surface area (Å²) >= 11 is 0. The summed E-state index contributed by atoms with van der Waals surface area (Å²) in [5.41, 5.74) is 0.700. The van der Waals surface area contributed by atoms with Crippen molar-refractivity contribution in [2.75, 3.05) is 0 Å². The molecule has 2 aliphatic heterocycles. The van der Waals surface area contributed by atoms with Crippen LogP contribution < -0.4 is 0 Å². The smallest absolute Gasteiger partial charge is 0.192 e. The Kier molecular flexibility index (Phi) is 0.943. The van der Waals surface area contributed by atoms with Gasteiger partial charge in [-0.25, -0.2) is 9.97 Å². The van der Waals surface area contributed by atoms with Gasteiger partial charge in [0.2, 0.25) is 0 Å². The van der Waals surface area contributed by atoms with Crippen molar-refractivity contribution in [3.05, 3.63) is 18.5 Å². The Hall–Kier alpha value is -1.45. The molecule has 0 aromatic rings. The predicted octanol–water partition coefficient (Wildman–Crippen LogP) is 0.878. The summed E-state index contributed by atoms with van der Waals surface area (Å²) < 4.78 is 4.99. The summed E-state index contributed by atoms with van der Waals surface area (Å²) in [7, 11) is 0. The molecule has 2 aliphatic rings. The summed E-state index contributed by atoms with van der Waals surface area (Å²) in [5.74, 6) is 1.25. The van der Waals surface area contributed by atoms with E-state index in [1.54, 1.807) is 13.2 Å². The molecule has 0 aliphatic carbocycles. The molecule has 0 saturated heterocycles. The molecule has 0 radical (unpaired) electrons. The van der Waals surface area contributed by atoms with Crippen LogP contribution in [0.25, 0.3) is 11.5 Å². The third-order valence-corrected chi connectivity index (χ3v) is 1.21. The standard InChI is InChI=1S/C6H5N3O/c1-4-9-6-5(2-10-4)7-3-8-6/h2-3H,1H3. The second-order valence-corrected chi connectivity index (χ2v) is 1.95. The van der Waals surface area contributed by atoms with Gasteiger partial charge in [0.25, 0.3) is 0 Å². The van der Waals surface area contributed by atoms with Gasteiger partial charge < -0.3 is 4.42 Å². The lowest BCUT2D eigenvalue weighted by Gasteiger charge is -1.92. The number of aromatic nitrogens is 3. The van der Waals surface area contributed by atoms with E-state index in [0.717, 1.165) is 0 Å². The van der Waals surface area contributed by atoms with E-state index in [9.17, 15) is 0 Å². The first kappa shape index (κ1) is 5.34. The first-order chi connectivity index (χ1) is 4.86. The highest BCUT2D eigenvalue weighted by Gasteiger charge is 2.06.